The van der Waals surface area contributed by atoms with Crippen molar-refractivity contribution in [1.29, 1.82) is 0 Å². The minimum atomic E-state index is -5.60. The molecule has 0 radical (unpaired) electrons. The zero-order valence-electron chi connectivity index (χ0n) is 6.88. The molecule has 0 bridgehead atoms. The summed E-state index contributed by atoms with van der Waals surface area (Å²) in [5.74, 6) is -4.87. The van der Waals surface area contributed by atoms with Crippen LogP contribution in [0.4, 0.5) is 22.0 Å². The van der Waals surface area contributed by atoms with E-state index in [1.807, 2.05) is 0 Å². The van der Waals surface area contributed by atoms with Gasteiger partial charge in [-0.1, -0.05) is 31.9 Å². The summed E-state index contributed by atoms with van der Waals surface area (Å²) in [5, 5.41) is 0. The van der Waals surface area contributed by atoms with Gasteiger partial charge in [0.15, 0.2) is 0 Å². The van der Waals surface area contributed by atoms with Gasteiger partial charge in [-0.2, -0.15) is 22.0 Å². The molecule has 7 heteroatoms. The van der Waals surface area contributed by atoms with Crippen molar-refractivity contribution in [3.05, 3.63) is 32.7 Å². The molecule has 0 unspecified atom stereocenters. The van der Waals surface area contributed by atoms with Gasteiger partial charge < -0.3 is 0 Å². The molecule has 0 fully saturated rings. The SMILES string of the molecule is FC(F)(F)C(F)(F)c1cc(Br)ccc1Br. The van der Waals surface area contributed by atoms with Gasteiger partial charge in [0.1, 0.15) is 0 Å². The Morgan fingerprint density at radius 2 is 1.47 bits per heavy atom. The molecule has 0 saturated heterocycles. The predicted octanol–water partition coefficient (Wildman–Crippen LogP) is 4.87. The Morgan fingerprint density at radius 3 is 1.93 bits per heavy atom. The van der Waals surface area contributed by atoms with Gasteiger partial charge in [-0.15, -0.1) is 0 Å². The second kappa shape index (κ2) is 4.01. The van der Waals surface area contributed by atoms with Gasteiger partial charge in [-0.05, 0) is 18.2 Å². The standard InChI is InChI=1S/C8H3Br2F5/c9-4-1-2-6(10)5(3-4)7(11,12)8(13,14)15/h1-3H. The lowest BCUT2D eigenvalue weighted by Crippen LogP contribution is -2.34. The van der Waals surface area contributed by atoms with Crippen LogP contribution in [-0.2, 0) is 5.92 Å². The number of rotatable bonds is 1. The van der Waals surface area contributed by atoms with Crippen LogP contribution in [0.1, 0.15) is 5.56 Å². The van der Waals surface area contributed by atoms with Crippen molar-refractivity contribution in [2.24, 2.45) is 0 Å². The van der Waals surface area contributed by atoms with Crippen molar-refractivity contribution >= 4 is 31.9 Å². The summed E-state index contributed by atoms with van der Waals surface area (Å²) in [4.78, 5) is 0. The minimum absolute atomic E-state index is 0.157. The number of benzene rings is 1. The molecule has 0 aromatic heterocycles. The maximum Gasteiger partial charge on any atom is 0.458 e. The van der Waals surface area contributed by atoms with Crippen molar-refractivity contribution in [3.8, 4) is 0 Å². The number of alkyl halides is 5. The van der Waals surface area contributed by atoms with Crippen LogP contribution in [0.3, 0.4) is 0 Å². The molecule has 1 aromatic rings. The molecule has 0 amide bonds. The van der Waals surface area contributed by atoms with E-state index in [-0.39, 0.29) is 8.95 Å². The van der Waals surface area contributed by atoms with Crippen molar-refractivity contribution in [2.75, 3.05) is 0 Å². The Labute approximate surface area is 98.7 Å². The molecule has 0 heterocycles. The highest BCUT2D eigenvalue weighted by atomic mass is 79.9. The van der Waals surface area contributed by atoms with Crippen LogP contribution in [0, 0.1) is 0 Å². The molecule has 15 heavy (non-hydrogen) atoms. The fourth-order valence-electron chi connectivity index (χ4n) is 0.891. The first-order chi connectivity index (χ1) is 6.66. The Balaban J connectivity index is 3.32. The molecule has 0 spiro atoms. The van der Waals surface area contributed by atoms with Crippen molar-refractivity contribution in [1.82, 2.24) is 0 Å². The van der Waals surface area contributed by atoms with E-state index in [0.29, 0.717) is 0 Å². The first-order valence-electron chi connectivity index (χ1n) is 3.56. The summed E-state index contributed by atoms with van der Waals surface area (Å²) >= 11 is 5.49. The van der Waals surface area contributed by atoms with Crippen LogP contribution in [0.25, 0.3) is 0 Å². The normalized spacial score (nSPS) is 13.0. The lowest BCUT2D eigenvalue weighted by atomic mass is 10.1. The molecule has 84 valence electrons. The van der Waals surface area contributed by atoms with Crippen molar-refractivity contribution in [3.63, 3.8) is 0 Å². The van der Waals surface area contributed by atoms with Gasteiger partial charge in [-0.3, -0.25) is 0 Å². The smallest absolute Gasteiger partial charge is 0.191 e. The molecule has 0 atom stereocenters. The van der Waals surface area contributed by atoms with Crippen LogP contribution < -0.4 is 0 Å². The molecule has 0 nitrogen and oxygen atoms in total. The van der Waals surface area contributed by atoms with E-state index in [1.165, 1.54) is 6.07 Å². The van der Waals surface area contributed by atoms with Gasteiger partial charge in [-0.25, -0.2) is 0 Å². The van der Waals surface area contributed by atoms with Gasteiger partial charge in [0, 0.05) is 14.5 Å². The van der Waals surface area contributed by atoms with E-state index >= 15 is 0 Å². The average Bonchev–Trinajstić information content (AvgIpc) is 2.07. The average molecular weight is 354 g/mol. The summed E-state index contributed by atoms with van der Waals surface area (Å²) in [5.41, 5.74) is -1.11. The van der Waals surface area contributed by atoms with Crippen molar-refractivity contribution in [2.45, 2.75) is 12.1 Å². The maximum absolute atomic E-state index is 12.9. The van der Waals surface area contributed by atoms with Crippen LogP contribution >= 0.6 is 31.9 Å². The maximum atomic E-state index is 12.9. The predicted molar refractivity (Wildman–Crippen MR) is 51.8 cm³/mol. The topological polar surface area (TPSA) is 0 Å². The monoisotopic (exact) mass is 352 g/mol. The number of hydrogen-bond acceptors (Lipinski definition) is 0. The van der Waals surface area contributed by atoms with Gasteiger partial charge in [0.05, 0.1) is 0 Å². The molecule has 0 aliphatic carbocycles. The second-order valence-corrected chi connectivity index (χ2v) is 4.47. The molecule has 1 rings (SSSR count). The molecular weight excluding hydrogens is 351 g/mol. The second-order valence-electron chi connectivity index (χ2n) is 2.70. The quantitative estimate of drug-likeness (QED) is 0.632. The highest BCUT2D eigenvalue weighted by Gasteiger charge is 2.59. The van der Waals surface area contributed by atoms with Gasteiger partial charge in [0.25, 0.3) is 0 Å². The van der Waals surface area contributed by atoms with Crippen LogP contribution in [0.15, 0.2) is 27.1 Å². The first-order valence-corrected chi connectivity index (χ1v) is 5.15. The largest absolute Gasteiger partial charge is 0.458 e. The van der Waals surface area contributed by atoms with Crippen LogP contribution in [0.2, 0.25) is 0 Å². The molecule has 0 N–H and O–H groups in total. The summed E-state index contributed by atoms with van der Waals surface area (Å²) in [6.45, 7) is 0. The molecule has 0 aliphatic heterocycles. The lowest BCUT2D eigenvalue weighted by molar-refractivity contribution is -0.289. The van der Waals surface area contributed by atoms with Gasteiger partial charge >= 0.3 is 12.1 Å². The highest BCUT2D eigenvalue weighted by Crippen LogP contribution is 2.46. The summed E-state index contributed by atoms with van der Waals surface area (Å²) in [7, 11) is 0. The number of halogens is 7. The third kappa shape index (κ3) is 2.50. The summed E-state index contributed by atoms with van der Waals surface area (Å²) in [6.07, 6.45) is -5.60. The van der Waals surface area contributed by atoms with E-state index in [1.54, 1.807) is 0 Å². The van der Waals surface area contributed by atoms with E-state index < -0.39 is 17.7 Å². The summed E-state index contributed by atoms with van der Waals surface area (Å²) in [6, 6.07) is 3.22. The Morgan fingerprint density at radius 1 is 0.933 bits per heavy atom. The zero-order valence-corrected chi connectivity index (χ0v) is 10.0. The first kappa shape index (κ1) is 12.9. The van der Waals surface area contributed by atoms with Gasteiger partial charge in [0.2, 0.25) is 0 Å². The Hall–Kier alpha value is -0.170. The lowest BCUT2D eigenvalue weighted by Gasteiger charge is -2.21. The van der Waals surface area contributed by atoms with E-state index in [9.17, 15) is 22.0 Å². The van der Waals surface area contributed by atoms with Crippen LogP contribution in [-0.4, -0.2) is 6.18 Å². The minimum Gasteiger partial charge on any atom is -0.191 e. The van der Waals surface area contributed by atoms with Crippen molar-refractivity contribution < 1.29 is 22.0 Å². The third-order valence-corrected chi connectivity index (χ3v) is 2.81. The van der Waals surface area contributed by atoms with E-state index in [2.05, 4.69) is 31.9 Å². The van der Waals surface area contributed by atoms with E-state index in [0.717, 1.165) is 12.1 Å². The molecule has 0 saturated carbocycles. The van der Waals surface area contributed by atoms with E-state index in [4.69, 9.17) is 0 Å². The number of hydrogen-bond donors (Lipinski definition) is 0. The Bertz CT molecular complexity index is 372. The van der Waals surface area contributed by atoms with Crippen LogP contribution in [0.5, 0.6) is 0 Å². The summed E-state index contributed by atoms with van der Waals surface area (Å²) < 4.78 is 61.9. The molecular formula is C8H3Br2F5. The molecule has 0 aliphatic rings. The fraction of sp³-hybridized carbons (Fsp3) is 0.250. The zero-order chi connectivity index (χ0) is 11.9. The fourth-order valence-corrected chi connectivity index (χ4v) is 1.75. The Kier molecular flexibility index (Phi) is 3.45. The highest BCUT2D eigenvalue weighted by molar-refractivity contribution is 9.11. The molecule has 1 aromatic carbocycles. The third-order valence-electron chi connectivity index (χ3n) is 1.62.